The Morgan fingerprint density at radius 2 is 1.89 bits per heavy atom. The van der Waals surface area contributed by atoms with E-state index in [0.717, 1.165) is 6.54 Å². The highest BCUT2D eigenvalue weighted by Crippen LogP contribution is 2.08. The Morgan fingerprint density at radius 3 is 2.61 bits per heavy atom. The first-order chi connectivity index (χ1) is 8.83. The van der Waals surface area contributed by atoms with Gasteiger partial charge < -0.3 is 5.32 Å². The first-order valence-corrected chi connectivity index (χ1v) is 7.28. The van der Waals surface area contributed by atoms with Gasteiger partial charge >= 0.3 is 0 Å². The molecule has 1 unspecified atom stereocenters. The highest BCUT2D eigenvalue weighted by molar-refractivity contribution is 5.42. The van der Waals surface area contributed by atoms with E-state index in [4.69, 9.17) is 0 Å². The molecule has 0 fully saturated rings. The number of unbranched alkanes of at least 4 members (excludes halogenated alkanes) is 4. The zero-order chi connectivity index (χ0) is 13.1. The van der Waals surface area contributed by atoms with Crippen LogP contribution in [0.4, 0.5) is 5.69 Å². The molecule has 1 heteroatoms. The maximum atomic E-state index is 3.45. The third-order valence-corrected chi connectivity index (χ3v) is 3.09. The predicted octanol–water partition coefficient (Wildman–Crippen LogP) is 5.26. The van der Waals surface area contributed by atoms with Crippen molar-refractivity contribution in [2.75, 3.05) is 11.9 Å². The maximum Gasteiger partial charge on any atom is 0.0340 e. The zero-order valence-corrected chi connectivity index (χ0v) is 11.9. The van der Waals surface area contributed by atoms with E-state index in [1.54, 1.807) is 0 Å². The molecule has 0 spiro atoms. The number of allylic oxidation sites excluding steroid dienone is 1. The molecule has 1 aromatic carbocycles. The molecule has 0 aromatic heterocycles. The number of hydrogen-bond donors (Lipinski definition) is 1. The molecule has 0 aliphatic heterocycles. The molecule has 0 saturated carbocycles. The van der Waals surface area contributed by atoms with Gasteiger partial charge in [-0.2, -0.15) is 0 Å². The second kappa shape index (κ2) is 9.76. The van der Waals surface area contributed by atoms with Crippen LogP contribution in [0.5, 0.6) is 0 Å². The summed E-state index contributed by atoms with van der Waals surface area (Å²) in [6, 6.07) is 10.4. The summed E-state index contributed by atoms with van der Waals surface area (Å²) in [7, 11) is 0. The molecule has 1 N–H and O–H groups in total. The van der Waals surface area contributed by atoms with Gasteiger partial charge in [-0.05, 0) is 30.9 Å². The molecule has 0 aliphatic carbocycles. The Balaban J connectivity index is 2.10. The van der Waals surface area contributed by atoms with Crippen molar-refractivity contribution in [1.82, 2.24) is 0 Å². The van der Waals surface area contributed by atoms with Crippen LogP contribution in [-0.2, 0) is 0 Å². The van der Waals surface area contributed by atoms with Crippen LogP contribution in [0.1, 0.15) is 46.0 Å². The number of benzene rings is 1. The lowest BCUT2D eigenvalue weighted by atomic mass is 10.1. The van der Waals surface area contributed by atoms with Crippen molar-refractivity contribution >= 4 is 5.69 Å². The second-order valence-corrected chi connectivity index (χ2v) is 5.00. The van der Waals surface area contributed by atoms with Gasteiger partial charge in [-0.25, -0.2) is 0 Å². The predicted molar refractivity (Wildman–Crippen MR) is 82.0 cm³/mol. The summed E-state index contributed by atoms with van der Waals surface area (Å²) in [5, 5.41) is 3.45. The van der Waals surface area contributed by atoms with Crippen molar-refractivity contribution < 1.29 is 0 Å². The summed E-state index contributed by atoms with van der Waals surface area (Å²) in [5.41, 5.74) is 1.21. The van der Waals surface area contributed by atoms with Crippen molar-refractivity contribution in [1.29, 1.82) is 0 Å². The Bertz CT molecular complexity index is 316. The van der Waals surface area contributed by atoms with Gasteiger partial charge in [-0.3, -0.25) is 0 Å². The largest absolute Gasteiger partial charge is 0.384 e. The van der Waals surface area contributed by atoms with Gasteiger partial charge in [0.15, 0.2) is 0 Å². The normalized spacial score (nSPS) is 12.8. The molecule has 18 heavy (non-hydrogen) atoms. The summed E-state index contributed by atoms with van der Waals surface area (Å²) in [4.78, 5) is 0. The molecule has 0 radical (unpaired) electrons. The summed E-state index contributed by atoms with van der Waals surface area (Å²) < 4.78 is 0. The molecule has 0 amide bonds. The molecule has 100 valence electrons. The van der Waals surface area contributed by atoms with Crippen LogP contribution < -0.4 is 5.32 Å². The lowest BCUT2D eigenvalue weighted by molar-refractivity contribution is 0.671. The van der Waals surface area contributed by atoms with Crippen molar-refractivity contribution in [2.45, 2.75) is 46.0 Å². The van der Waals surface area contributed by atoms with E-state index in [1.807, 2.05) is 6.07 Å². The first kappa shape index (κ1) is 14.8. The fraction of sp³-hybridized carbons (Fsp3) is 0.529. The van der Waals surface area contributed by atoms with E-state index in [1.165, 1.54) is 37.8 Å². The Morgan fingerprint density at radius 1 is 1.11 bits per heavy atom. The van der Waals surface area contributed by atoms with Gasteiger partial charge in [-0.1, -0.05) is 63.5 Å². The number of nitrogens with one attached hydrogen (secondary N) is 1. The van der Waals surface area contributed by atoms with E-state index in [0.29, 0.717) is 5.92 Å². The van der Waals surface area contributed by atoms with E-state index in [-0.39, 0.29) is 0 Å². The number of anilines is 1. The third kappa shape index (κ3) is 7.16. The Kier molecular flexibility index (Phi) is 8.03. The first-order valence-electron chi connectivity index (χ1n) is 7.28. The summed E-state index contributed by atoms with van der Waals surface area (Å²) in [6.07, 6.45) is 11.3. The minimum absolute atomic E-state index is 0.594. The highest BCUT2D eigenvalue weighted by atomic mass is 14.9. The molecule has 0 saturated heterocycles. The molecule has 1 atom stereocenters. The van der Waals surface area contributed by atoms with E-state index < -0.39 is 0 Å². The second-order valence-electron chi connectivity index (χ2n) is 5.00. The van der Waals surface area contributed by atoms with Crippen molar-refractivity contribution in [3.8, 4) is 0 Å². The minimum Gasteiger partial charge on any atom is -0.384 e. The van der Waals surface area contributed by atoms with Gasteiger partial charge in [0.1, 0.15) is 0 Å². The molecule has 1 nitrogen and oxygen atoms in total. The van der Waals surface area contributed by atoms with Crippen molar-refractivity contribution in [3.63, 3.8) is 0 Å². The van der Waals surface area contributed by atoms with Crippen LogP contribution in [0.25, 0.3) is 0 Å². The van der Waals surface area contributed by atoms with Crippen LogP contribution in [-0.4, -0.2) is 6.54 Å². The van der Waals surface area contributed by atoms with Crippen LogP contribution in [0.3, 0.4) is 0 Å². The van der Waals surface area contributed by atoms with Gasteiger partial charge in [0.2, 0.25) is 0 Å². The lowest BCUT2D eigenvalue weighted by Gasteiger charge is -2.09. The Labute approximate surface area is 112 Å². The topological polar surface area (TPSA) is 12.0 Å². The van der Waals surface area contributed by atoms with Crippen molar-refractivity contribution in [3.05, 3.63) is 42.5 Å². The number of hydrogen-bond acceptors (Lipinski definition) is 1. The number of para-hydroxylation sites is 1. The van der Waals surface area contributed by atoms with Gasteiger partial charge in [0.25, 0.3) is 0 Å². The standard InChI is InChI=1S/C17H27N/c1-3-4-5-6-7-9-12-16(2)15-18-17-13-10-8-11-14-17/h8-14,16,18H,3-7,15H2,1-2H3/b12-9+. The SMILES string of the molecule is CCCCCC/C=C/C(C)CNc1ccccc1. The Hall–Kier alpha value is -1.24. The van der Waals surface area contributed by atoms with Gasteiger partial charge in [0.05, 0.1) is 0 Å². The van der Waals surface area contributed by atoms with Crippen LogP contribution in [0, 0.1) is 5.92 Å². The maximum absolute atomic E-state index is 3.45. The quantitative estimate of drug-likeness (QED) is 0.462. The molecule has 0 bridgehead atoms. The van der Waals surface area contributed by atoms with Crippen molar-refractivity contribution in [2.24, 2.45) is 5.92 Å². The fourth-order valence-corrected chi connectivity index (χ4v) is 1.92. The van der Waals surface area contributed by atoms with Crippen LogP contribution in [0.2, 0.25) is 0 Å². The van der Waals surface area contributed by atoms with E-state index in [2.05, 4.69) is 55.6 Å². The minimum atomic E-state index is 0.594. The lowest BCUT2D eigenvalue weighted by Crippen LogP contribution is -2.08. The zero-order valence-electron chi connectivity index (χ0n) is 11.9. The molecule has 0 heterocycles. The molecule has 1 aromatic rings. The monoisotopic (exact) mass is 245 g/mol. The van der Waals surface area contributed by atoms with E-state index >= 15 is 0 Å². The van der Waals surface area contributed by atoms with E-state index in [9.17, 15) is 0 Å². The molecular weight excluding hydrogens is 218 g/mol. The van der Waals surface area contributed by atoms with Gasteiger partial charge in [0, 0.05) is 12.2 Å². The molecular formula is C17H27N. The van der Waals surface area contributed by atoms with Crippen LogP contribution in [0.15, 0.2) is 42.5 Å². The highest BCUT2D eigenvalue weighted by Gasteiger charge is 1.96. The molecule has 0 aliphatic rings. The average molecular weight is 245 g/mol. The summed E-state index contributed by atoms with van der Waals surface area (Å²) in [5.74, 6) is 0.594. The summed E-state index contributed by atoms with van der Waals surface area (Å²) >= 11 is 0. The smallest absolute Gasteiger partial charge is 0.0340 e. The van der Waals surface area contributed by atoms with Gasteiger partial charge in [-0.15, -0.1) is 0 Å². The average Bonchev–Trinajstić information content (AvgIpc) is 2.41. The van der Waals surface area contributed by atoms with Crippen LogP contribution >= 0.6 is 0 Å². The summed E-state index contributed by atoms with van der Waals surface area (Å²) in [6.45, 7) is 5.53. The third-order valence-electron chi connectivity index (χ3n) is 3.09. The fourth-order valence-electron chi connectivity index (χ4n) is 1.92. The number of rotatable bonds is 9. The molecule has 1 rings (SSSR count).